The summed E-state index contributed by atoms with van der Waals surface area (Å²) in [6, 6.07) is 8.68. The van der Waals surface area contributed by atoms with Gasteiger partial charge in [-0.25, -0.2) is 4.79 Å². The molecule has 0 bridgehead atoms. The molecule has 4 rings (SSSR count). The molecule has 0 N–H and O–H groups in total. The number of fused-ring (bicyclic) bond motifs is 1. The molecular weight excluding hydrogens is 484 g/mol. The first-order valence-corrected chi connectivity index (χ1v) is 10.2. The molecule has 178 valence electrons. The maximum Gasteiger partial charge on any atom is 0.406 e. The summed E-state index contributed by atoms with van der Waals surface area (Å²) in [5, 5.41) is -0.0878. The molecule has 1 heterocycles. The maximum atomic E-state index is 13.6. The number of anilines is 2. The summed E-state index contributed by atoms with van der Waals surface area (Å²) in [4.78, 5) is 17.0. The first-order chi connectivity index (χ1) is 17.0. The van der Waals surface area contributed by atoms with Gasteiger partial charge in [-0.3, -0.25) is 4.57 Å². The van der Waals surface area contributed by atoms with Gasteiger partial charge in [-0.15, -0.1) is 0 Å². The lowest BCUT2D eigenvalue weighted by Gasteiger charge is -2.26. The van der Waals surface area contributed by atoms with Crippen LogP contribution in [0.25, 0.3) is 10.9 Å². The molecule has 11 heteroatoms. The fourth-order valence-corrected chi connectivity index (χ4v) is 3.57. The number of rotatable bonds is 3. The fourth-order valence-electron chi connectivity index (χ4n) is 3.40. The number of hydrogen-bond acceptors (Lipinski definition) is 3. The van der Waals surface area contributed by atoms with E-state index in [0.717, 1.165) is 12.1 Å². The van der Waals surface area contributed by atoms with Gasteiger partial charge in [-0.05, 0) is 49.2 Å². The Hall–Kier alpha value is -3.19. The topological polar surface area (TPSA) is 38.1 Å². The highest BCUT2D eigenvalue weighted by atomic mass is 35.5. The first kappa shape index (κ1) is 20.2. The molecule has 0 aliphatic heterocycles. The van der Waals surface area contributed by atoms with Crippen molar-refractivity contribution in [3.8, 4) is 11.8 Å². The molecule has 1 saturated carbocycles. The number of aryl methyl sites for hydroxylation is 1. The lowest BCUT2D eigenvalue weighted by molar-refractivity contribution is -0.168. The molecule has 4 nitrogen and oxygen atoms in total. The lowest BCUT2D eigenvalue weighted by Crippen LogP contribution is -2.33. The summed E-state index contributed by atoms with van der Waals surface area (Å²) < 4.78 is 104. The van der Waals surface area contributed by atoms with Crippen molar-refractivity contribution in [2.75, 3.05) is 11.4 Å². The Morgan fingerprint density at radius 1 is 1.18 bits per heavy atom. The standard InChI is InChI=1S/C23H16ClF6N3O/c1-32-18-12-15(24)5-6-17(18)19(31-20(32)34)33(13-22(25,26)27)16-4-2-3-14(11-16)7-8-21(9-10-21)23(28,29)30/h2-6,11-12H,9-10,13H2,1H3/i1D3. The van der Waals surface area contributed by atoms with Crippen LogP contribution < -0.4 is 10.6 Å². The molecule has 0 atom stereocenters. The van der Waals surface area contributed by atoms with Crippen LogP contribution in [0.1, 0.15) is 22.5 Å². The van der Waals surface area contributed by atoms with E-state index >= 15 is 0 Å². The van der Waals surface area contributed by atoms with Crippen LogP contribution in [0.2, 0.25) is 5.02 Å². The van der Waals surface area contributed by atoms with Gasteiger partial charge >= 0.3 is 18.0 Å². The third-order valence-electron chi connectivity index (χ3n) is 5.32. The zero-order chi connectivity index (χ0) is 27.4. The van der Waals surface area contributed by atoms with Gasteiger partial charge in [-0.1, -0.05) is 29.5 Å². The monoisotopic (exact) mass is 502 g/mol. The van der Waals surface area contributed by atoms with Gasteiger partial charge in [0, 0.05) is 32.7 Å². The van der Waals surface area contributed by atoms with Crippen LogP contribution in [0.5, 0.6) is 0 Å². The minimum Gasteiger partial charge on any atom is -0.316 e. The van der Waals surface area contributed by atoms with E-state index in [9.17, 15) is 31.1 Å². The van der Waals surface area contributed by atoms with E-state index in [1.165, 1.54) is 30.3 Å². The van der Waals surface area contributed by atoms with E-state index < -0.39 is 42.8 Å². The Morgan fingerprint density at radius 2 is 1.91 bits per heavy atom. The molecule has 0 spiro atoms. The second kappa shape index (κ2) is 8.24. The van der Waals surface area contributed by atoms with Crippen LogP contribution in [0.15, 0.2) is 47.3 Å². The molecule has 1 aromatic heterocycles. The molecular formula is C23H16ClF6N3O. The van der Waals surface area contributed by atoms with Crippen molar-refractivity contribution in [2.24, 2.45) is 12.4 Å². The van der Waals surface area contributed by atoms with Gasteiger partial charge in [0.1, 0.15) is 17.8 Å². The minimum absolute atomic E-state index is 0.0170. The van der Waals surface area contributed by atoms with E-state index in [4.69, 9.17) is 15.7 Å². The van der Waals surface area contributed by atoms with Crippen molar-refractivity contribution in [3.05, 3.63) is 63.5 Å². The smallest absolute Gasteiger partial charge is 0.316 e. The largest absolute Gasteiger partial charge is 0.406 e. The van der Waals surface area contributed by atoms with E-state index in [0.29, 0.717) is 9.47 Å². The van der Waals surface area contributed by atoms with Gasteiger partial charge in [0.2, 0.25) is 0 Å². The van der Waals surface area contributed by atoms with Crippen molar-refractivity contribution < 1.29 is 30.5 Å². The Morgan fingerprint density at radius 3 is 2.53 bits per heavy atom. The maximum absolute atomic E-state index is 13.6. The summed E-state index contributed by atoms with van der Waals surface area (Å²) in [7, 11) is 0. The van der Waals surface area contributed by atoms with E-state index in [1.807, 2.05) is 0 Å². The minimum atomic E-state index is -4.81. The molecule has 34 heavy (non-hydrogen) atoms. The first-order valence-electron chi connectivity index (χ1n) is 11.3. The summed E-state index contributed by atoms with van der Waals surface area (Å²) in [5.41, 5.74) is -3.90. The van der Waals surface area contributed by atoms with Gasteiger partial charge in [0.15, 0.2) is 0 Å². The Labute approximate surface area is 199 Å². The second-order valence-electron chi connectivity index (χ2n) is 7.80. The molecule has 1 aliphatic rings. The van der Waals surface area contributed by atoms with Gasteiger partial charge < -0.3 is 4.90 Å². The van der Waals surface area contributed by atoms with Crippen molar-refractivity contribution in [1.29, 1.82) is 0 Å². The Kier molecular flexibility index (Phi) is 4.89. The van der Waals surface area contributed by atoms with Crippen LogP contribution in [0, 0.1) is 17.3 Å². The zero-order valence-electron chi connectivity index (χ0n) is 20.1. The number of nitrogens with zero attached hydrogens (tertiary/aromatic N) is 3. The summed E-state index contributed by atoms with van der Waals surface area (Å²) in [6.45, 7) is -4.65. The normalized spacial score (nSPS) is 16.7. The molecule has 0 saturated heterocycles. The molecule has 1 aliphatic carbocycles. The summed E-state index contributed by atoms with van der Waals surface area (Å²) in [6.07, 6.45) is -9.67. The SMILES string of the molecule is [2H]C([2H])([2H])n1c(=O)nc(N(CC(F)(F)F)c2cccc(C#CC3(C(F)(F)F)CC3)c2)c2ccc(Cl)cc21. The van der Waals surface area contributed by atoms with E-state index in [-0.39, 0.29) is 40.0 Å². The number of benzene rings is 2. The fraction of sp³-hybridized carbons (Fsp3) is 0.304. The predicted octanol–water partition coefficient (Wildman–Crippen LogP) is 5.98. The molecule has 0 unspecified atom stereocenters. The van der Waals surface area contributed by atoms with E-state index in [1.54, 1.807) is 0 Å². The third kappa shape index (κ3) is 4.71. The average molecular weight is 503 g/mol. The molecule has 0 radical (unpaired) electrons. The molecule has 1 fully saturated rings. The van der Waals surface area contributed by atoms with Crippen LogP contribution in [-0.2, 0) is 6.98 Å². The molecule has 2 aromatic carbocycles. The quantitative estimate of drug-likeness (QED) is 0.326. The van der Waals surface area contributed by atoms with Crippen LogP contribution >= 0.6 is 11.6 Å². The molecule has 0 amide bonds. The van der Waals surface area contributed by atoms with Crippen LogP contribution in [0.4, 0.5) is 37.8 Å². The van der Waals surface area contributed by atoms with Crippen molar-refractivity contribution in [2.45, 2.75) is 25.2 Å². The summed E-state index contributed by atoms with van der Waals surface area (Å²) >= 11 is 5.97. The second-order valence-corrected chi connectivity index (χ2v) is 8.23. The molecule has 3 aromatic rings. The van der Waals surface area contributed by atoms with Crippen molar-refractivity contribution in [1.82, 2.24) is 9.55 Å². The van der Waals surface area contributed by atoms with Gasteiger partial charge in [0.05, 0.1) is 5.52 Å². The lowest BCUT2D eigenvalue weighted by atomic mass is 10.1. The van der Waals surface area contributed by atoms with Crippen molar-refractivity contribution >= 4 is 34.0 Å². The third-order valence-corrected chi connectivity index (χ3v) is 5.56. The van der Waals surface area contributed by atoms with Crippen LogP contribution in [-0.4, -0.2) is 28.4 Å². The number of aromatic nitrogens is 2. The van der Waals surface area contributed by atoms with Crippen molar-refractivity contribution in [3.63, 3.8) is 0 Å². The number of halogens is 7. The highest BCUT2D eigenvalue weighted by Gasteiger charge is 2.62. The highest BCUT2D eigenvalue weighted by molar-refractivity contribution is 6.31. The summed E-state index contributed by atoms with van der Waals surface area (Å²) in [5.74, 6) is 4.07. The Bertz CT molecular complexity index is 1480. The number of alkyl halides is 6. The van der Waals surface area contributed by atoms with Crippen LogP contribution in [0.3, 0.4) is 0 Å². The van der Waals surface area contributed by atoms with E-state index in [2.05, 4.69) is 16.8 Å². The highest BCUT2D eigenvalue weighted by Crippen LogP contribution is 2.57. The number of hydrogen-bond donors (Lipinski definition) is 0. The van der Waals surface area contributed by atoms with Gasteiger partial charge in [-0.2, -0.15) is 31.3 Å². The predicted molar refractivity (Wildman–Crippen MR) is 116 cm³/mol. The Balaban J connectivity index is 1.90. The van der Waals surface area contributed by atoms with Gasteiger partial charge in [0.25, 0.3) is 0 Å². The zero-order valence-corrected chi connectivity index (χ0v) is 17.8. The average Bonchev–Trinajstić information content (AvgIpc) is 3.55.